The topological polar surface area (TPSA) is 53.2 Å². The molecule has 0 rings (SSSR count). The first-order chi connectivity index (χ1) is 4.48. The van der Waals surface area contributed by atoms with Gasteiger partial charge in [0.15, 0.2) is 0 Å². The summed E-state index contributed by atoms with van der Waals surface area (Å²) in [7, 11) is -2.22. The standard InChI is InChI=1S/C6H12N2OS/c1-6(2)4-10(3,9)8-5-7/h6H,4H2,1-3H3. The molecule has 3 nitrogen and oxygen atoms in total. The van der Waals surface area contributed by atoms with Crippen LogP contribution in [0.1, 0.15) is 13.8 Å². The molecule has 0 heterocycles. The van der Waals surface area contributed by atoms with E-state index >= 15 is 0 Å². The van der Waals surface area contributed by atoms with Crippen molar-refractivity contribution < 1.29 is 4.21 Å². The second kappa shape index (κ2) is 3.57. The van der Waals surface area contributed by atoms with E-state index in [1.807, 2.05) is 13.8 Å². The van der Waals surface area contributed by atoms with Crippen molar-refractivity contribution in [2.45, 2.75) is 13.8 Å². The molecule has 0 aromatic rings. The minimum absolute atomic E-state index is 0.328. The van der Waals surface area contributed by atoms with Crippen molar-refractivity contribution in [3.8, 4) is 6.19 Å². The molecule has 0 bridgehead atoms. The van der Waals surface area contributed by atoms with E-state index in [0.717, 1.165) is 0 Å². The maximum atomic E-state index is 11.2. The first-order valence-corrected chi connectivity index (χ1v) is 5.15. The minimum atomic E-state index is -2.22. The number of hydrogen-bond donors (Lipinski definition) is 0. The van der Waals surface area contributed by atoms with E-state index < -0.39 is 9.73 Å². The molecular formula is C6H12N2OS. The lowest BCUT2D eigenvalue weighted by Crippen LogP contribution is -2.08. The molecule has 0 aromatic carbocycles. The molecule has 10 heavy (non-hydrogen) atoms. The van der Waals surface area contributed by atoms with Crippen LogP contribution < -0.4 is 0 Å². The monoisotopic (exact) mass is 160 g/mol. The largest absolute Gasteiger partial charge is 0.249 e. The van der Waals surface area contributed by atoms with Crippen molar-refractivity contribution in [2.75, 3.05) is 12.0 Å². The maximum Gasteiger partial charge on any atom is 0.214 e. The molecule has 0 N–H and O–H groups in total. The Morgan fingerprint density at radius 3 is 2.50 bits per heavy atom. The van der Waals surface area contributed by atoms with Crippen molar-refractivity contribution in [3.63, 3.8) is 0 Å². The summed E-state index contributed by atoms with van der Waals surface area (Å²) in [4.78, 5) is 0. The van der Waals surface area contributed by atoms with E-state index in [4.69, 9.17) is 5.26 Å². The first kappa shape index (κ1) is 9.44. The van der Waals surface area contributed by atoms with Gasteiger partial charge in [0, 0.05) is 12.0 Å². The Labute approximate surface area is 62.2 Å². The van der Waals surface area contributed by atoms with Gasteiger partial charge in [-0.25, -0.2) is 4.21 Å². The second-order valence-corrected chi connectivity index (χ2v) is 5.15. The molecule has 58 valence electrons. The summed E-state index contributed by atoms with van der Waals surface area (Å²) in [6.07, 6.45) is 3.07. The third-order valence-corrected chi connectivity index (χ3v) is 2.63. The Balaban J connectivity index is 4.33. The zero-order valence-corrected chi connectivity index (χ0v) is 7.31. The van der Waals surface area contributed by atoms with Crippen LogP contribution in [-0.4, -0.2) is 16.2 Å². The molecular weight excluding hydrogens is 148 g/mol. The third kappa shape index (κ3) is 4.33. The average molecular weight is 160 g/mol. The fourth-order valence-electron chi connectivity index (χ4n) is 0.742. The van der Waals surface area contributed by atoms with E-state index in [1.165, 1.54) is 6.26 Å². The van der Waals surface area contributed by atoms with Crippen LogP contribution in [0.15, 0.2) is 4.36 Å². The van der Waals surface area contributed by atoms with Gasteiger partial charge in [0.25, 0.3) is 0 Å². The fourth-order valence-corrected chi connectivity index (χ4v) is 2.23. The summed E-state index contributed by atoms with van der Waals surface area (Å²) in [5.74, 6) is 0.829. The number of hydrogen-bond acceptors (Lipinski definition) is 3. The zero-order valence-electron chi connectivity index (χ0n) is 6.50. The predicted octanol–water partition coefficient (Wildman–Crippen LogP) is 1.22. The Kier molecular flexibility index (Phi) is 3.37. The Bertz CT molecular complexity index is 243. The second-order valence-electron chi connectivity index (χ2n) is 2.71. The lowest BCUT2D eigenvalue weighted by Gasteiger charge is -2.03. The molecule has 0 aliphatic rings. The van der Waals surface area contributed by atoms with Crippen molar-refractivity contribution >= 4 is 9.73 Å². The van der Waals surface area contributed by atoms with Gasteiger partial charge in [-0.1, -0.05) is 13.8 Å². The molecule has 0 aromatic heterocycles. The van der Waals surface area contributed by atoms with Crippen LogP contribution in [0.2, 0.25) is 0 Å². The van der Waals surface area contributed by atoms with E-state index in [1.54, 1.807) is 6.19 Å². The van der Waals surface area contributed by atoms with E-state index in [9.17, 15) is 4.21 Å². The lowest BCUT2D eigenvalue weighted by atomic mass is 10.3. The molecule has 1 unspecified atom stereocenters. The van der Waals surface area contributed by atoms with Gasteiger partial charge in [0.05, 0.1) is 9.73 Å². The van der Waals surface area contributed by atoms with Crippen molar-refractivity contribution in [2.24, 2.45) is 10.3 Å². The van der Waals surface area contributed by atoms with Crippen molar-refractivity contribution in [1.29, 1.82) is 5.26 Å². The predicted molar refractivity (Wildman–Crippen MR) is 41.8 cm³/mol. The van der Waals surface area contributed by atoms with Crippen LogP contribution in [0.3, 0.4) is 0 Å². The quantitative estimate of drug-likeness (QED) is 0.570. The fraction of sp³-hybridized carbons (Fsp3) is 0.833. The van der Waals surface area contributed by atoms with Gasteiger partial charge in [-0.15, -0.1) is 4.36 Å². The molecule has 0 saturated carbocycles. The number of nitriles is 1. The van der Waals surface area contributed by atoms with Crippen LogP contribution in [0.4, 0.5) is 0 Å². The first-order valence-electron chi connectivity index (χ1n) is 3.06. The molecule has 0 aliphatic heterocycles. The molecule has 0 aliphatic carbocycles. The van der Waals surface area contributed by atoms with Crippen LogP contribution >= 0.6 is 0 Å². The molecule has 0 radical (unpaired) electrons. The maximum absolute atomic E-state index is 11.2. The van der Waals surface area contributed by atoms with Gasteiger partial charge in [-0.05, 0) is 5.92 Å². The van der Waals surface area contributed by atoms with Gasteiger partial charge in [-0.2, -0.15) is 5.26 Å². The highest BCUT2D eigenvalue weighted by molar-refractivity contribution is 7.93. The van der Waals surface area contributed by atoms with Gasteiger partial charge < -0.3 is 0 Å². The third-order valence-electron chi connectivity index (χ3n) is 0.877. The Morgan fingerprint density at radius 2 is 2.20 bits per heavy atom. The van der Waals surface area contributed by atoms with Crippen LogP contribution in [-0.2, 0) is 9.73 Å². The van der Waals surface area contributed by atoms with Crippen molar-refractivity contribution in [1.82, 2.24) is 0 Å². The highest BCUT2D eigenvalue weighted by Crippen LogP contribution is 1.99. The van der Waals surface area contributed by atoms with E-state index in [0.29, 0.717) is 11.7 Å². The lowest BCUT2D eigenvalue weighted by molar-refractivity contribution is 0.662. The molecule has 0 amide bonds. The summed E-state index contributed by atoms with van der Waals surface area (Å²) in [6, 6.07) is 0. The molecule has 1 atom stereocenters. The number of rotatable bonds is 2. The van der Waals surface area contributed by atoms with E-state index in [-0.39, 0.29) is 0 Å². The van der Waals surface area contributed by atoms with Gasteiger partial charge in [-0.3, -0.25) is 0 Å². The molecule has 0 spiro atoms. The van der Waals surface area contributed by atoms with Crippen LogP contribution in [0.5, 0.6) is 0 Å². The normalized spacial score (nSPS) is 15.9. The Hall–Kier alpha value is -0.560. The Morgan fingerprint density at radius 1 is 1.70 bits per heavy atom. The summed E-state index contributed by atoms with van der Waals surface area (Å²) < 4.78 is 14.5. The number of nitrogens with zero attached hydrogens (tertiary/aromatic N) is 2. The molecule has 0 fully saturated rings. The minimum Gasteiger partial charge on any atom is -0.249 e. The van der Waals surface area contributed by atoms with Crippen LogP contribution in [0, 0.1) is 17.4 Å². The van der Waals surface area contributed by atoms with E-state index in [2.05, 4.69) is 4.36 Å². The van der Waals surface area contributed by atoms with Gasteiger partial charge >= 0.3 is 0 Å². The molecule has 4 heteroatoms. The summed E-state index contributed by atoms with van der Waals surface area (Å²) in [5, 5.41) is 8.12. The van der Waals surface area contributed by atoms with Gasteiger partial charge in [0.1, 0.15) is 0 Å². The molecule has 0 saturated heterocycles. The highest BCUT2D eigenvalue weighted by Gasteiger charge is 2.03. The van der Waals surface area contributed by atoms with Crippen LogP contribution in [0.25, 0.3) is 0 Å². The summed E-state index contributed by atoms with van der Waals surface area (Å²) >= 11 is 0. The average Bonchev–Trinajstić information content (AvgIpc) is 1.59. The van der Waals surface area contributed by atoms with Crippen molar-refractivity contribution in [3.05, 3.63) is 0 Å². The highest BCUT2D eigenvalue weighted by atomic mass is 32.2. The summed E-state index contributed by atoms with van der Waals surface area (Å²) in [5.41, 5.74) is 0. The smallest absolute Gasteiger partial charge is 0.214 e. The zero-order chi connectivity index (χ0) is 8.20. The summed E-state index contributed by atoms with van der Waals surface area (Å²) in [6.45, 7) is 3.91. The van der Waals surface area contributed by atoms with Gasteiger partial charge in [0.2, 0.25) is 6.19 Å². The SMILES string of the molecule is CC(C)CS(C)(=O)=NC#N.